The van der Waals surface area contributed by atoms with Gasteiger partial charge < -0.3 is 9.84 Å². The quantitative estimate of drug-likeness (QED) is 0.593. The lowest BCUT2D eigenvalue weighted by atomic mass is 9.85. The molecule has 3 amide bonds. The highest BCUT2D eigenvalue weighted by molar-refractivity contribution is 6.05. The molecule has 1 aliphatic heterocycles. The Bertz CT molecular complexity index is 937. The summed E-state index contributed by atoms with van der Waals surface area (Å²) in [5.41, 5.74) is 1.97. The van der Waals surface area contributed by atoms with Gasteiger partial charge >= 0.3 is 0 Å². The first kappa shape index (κ1) is 19.0. The van der Waals surface area contributed by atoms with E-state index in [-0.39, 0.29) is 49.1 Å². The van der Waals surface area contributed by atoms with E-state index in [0.29, 0.717) is 24.6 Å². The Labute approximate surface area is 168 Å². The second kappa shape index (κ2) is 7.98. The summed E-state index contributed by atoms with van der Waals surface area (Å²) < 4.78 is 5.17. The number of carbonyl (C=O) groups excluding carboxylic acids is 3. The molecular weight excluding hydrogens is 372 g/mol. The molecule has 2 aliphatic rings. The molecule has 0 radical (unpaired) electrons. The number of aromatic nitrogens is 2. The Hall–Kier alpha value is -3.29. The first-order chi connectivity index (χ1) is 14.0. The van der Waals surface area contributed by atoms with Crippen LogP contribution in [0.4, 0.5) is 0 Å². The monoisotopic (exact) mass is 394 g/mol. The smallest absolute Gasteiger partial charge is 0.246 e. The summed E-state index contributed by atoms with van der Waals surface area (Å²) in [6.07, 6.45) is 5.12. The Morgan fingerprint density at radius 2 is 1.79 bits per heavy atom. The second-order valence-electron chi connectivity index (χ2n) is 7.39. The van der Waals surface area contributed by atoms with Crippen molar-refractivity contribution >= 4 is 17.7 Å². The number of rotatable bonds is 6. The van der Waals surface area contributed by atoms with Crippen molar-refractivity contribution in [2.45, 2.75) is 32.7 Å². The lowest BCUT2D eigenvalue weighted by molar-refractivity contribution is -0.140. The summed E-state index contributed by atoms with van der Waals surface area (Å²) in [4.78, 5) is 42.5. The van der Waals surface area contributed by atoms with Crippen LogP contribution in [0.3, 0.4) is 0 Å². The fraction of sp³-hybridized carbons (Fsp3) is 0.381. The summed E-state index contributed by atoms with van der Waals surface area (Å²) >= 11 is 0. The van der Waals surface area contributed by atoms with Crippen molar-refractivity contribution in [1.29, 1.82) is 0 Å². The van der Waals surface area contributed by atoms with Crippen LogP contribution in [0.2, 0.25) is 0 Å². The normalized spacial score (nSPS) is 20.8. The van der Waals surface area contributed by atoms with Crippen LogP contribution in [0.5, 0.6) is 0 Å². The van der Waals surface area contributed by atoms with Crippen molar-refractivity contribution in [3.8, 4) is 11.4 Å². The number of nitrogens with zero attached hydrogens (tertiary/aromatic N) is 3. The largest absolute Gasteiger partial charge is 0.347 e. The van der Waals surface area contributed by atoms with E-state index >= 15 is 0 Å². The van der Waals surface area contributed by atoms with E-state index in [1.165, 1.54) is 4.90 Å². The van der Waals surface area contributed by atoms with Gasteiger partial charge in [-0.05, 0) is 19.8 Å². The van der Waals surface area contributed by atoms with E-state index in [2.05, 4.69) is 15.5 Å². The fourth-order valence-corrected chi connectivity index (χ4v) is 3.71. The molecule has 1 N–H and O–H groups in total. The third-order valence-electron chi connectivity index (χ3n) is 5.38. The van der Waals surface area contributed by atoms with Crippen LogP contribution in [0.15, 0.2) is 40.9 Å². The van der Waals surface area contributed by atoms with Gasteiger partial charge in [0.25, 0.3) is 0 Å². The molecule has 1 aromatic carbocycles. The third-order valence-corrected chi connectivity index (χ3v) is 5.38. The van der Waals surface area contributed by atoms with Gasteiger partial charge in [-0.2, -0.15) is 4.98 Å². The van der Waals surface area contributed by atoms with Gasteiger partial charge in [0.15, 0.2) is 0 Å². The molecule has 1 aliphatic carbocycles. The predicted molar refractivity (Wildman–Crippen MR) is 103 cm³/mol. The van der Waals surface area contributed by atoms with Gasteiger partial charge in [-0.3, -0.25) is 19.3 Å². The second-order valence-corrected chi connectivity index (χ2v) is 7.39. The number of amides is 3. The highest BCUT2D eigenvalue weighted by atomic mass is 16.5. The van der Waals surface area contributed by atoms with Gasteiger partial charge in [0, 0.05) is 18.5 Å². The minimum absolute atomic E-state index is 0.0449. The maximum absolute atomic E-state index is 12.4. The standard InChI is InChI=1S/C21H22N4O4/c1-13-6-8-14(9-7-13)19-23-18(29-24-19)12-22-17(26)10-11-25-20(27)15-4-2-3-5-16(15)21(25)28/h2-3,6-9,15-16H,4-5,10-12H2,1H3,(H,22,26)/t15-,16+. The summed E-state index contributed by atoms with van der Waals surface area (Å²) in [6.45, 7) is 2.18. The summed E-state index contributed by atoms with van der Waals surface area (Å²) in [7, 11) is 0. The van der Waals surface area contributed by atoms with E-state index < -0.39 is 0 Å². The third kappa shape index (κ3) is 3.96. The van der Waals surface area contributed by atoms with Crippen LogP contribution in [-0.2, 0) is 20.9 Å². The molecule has 2 heterocycles. The van der Waals surface area contributed by atoms with E-state index in [0.717, 1.165) is 11.1 Å². The highest BCUT2D eigenvalue weighted by Crippen LogP contribution is 2.34. The molecule has 150 valence electrons. The van der Waals surface area contributed by atoms with Gasteiger partial charge in [-0.25, -0.2) is 0 Å². The zero-order chi connectivity index (χ0) is 20.4. The molecule has 1 aromatic heterocycles. The average Bonchev–Trinajstić information content (AvgIpc) is 3.30. The molecule has 0 saturated carbocycles. The molecule has 0 spiro atoms. The van der Waals surface area contributed by atoms with Gasteiger partial charge in [0.2, 0.25) is 29.4 Å². The van der Waals surface area contributed by atoms with Gasteiger partial charge in [0.05, 0.1) is 18.4 Å². The molecule has 2 aromatic rings. The molecule has 29 heavy (non-hydrogen) atoms. The Balaban J connectivity index is 1.27. The summed E-state index contributed by atoms with van der Waals surface area (Å²) in [5, 5.41) is 6.62. The highest BCUT2D eigenvalue weighted by Gasteiger charge is 2.46. The van der Waals surface area contributed by atoms with Crippen molar-refractivity contribution < 1.29 is 18.9 Å². The molecule has 1 fully saturated rings. The Morgan fingerprint density at radius 1 is 1.14 bits per heavy atom. The Morgan fingerprint density at radius 3 is 2.45 bits per heavy atom. The molecule has 0 unspecified atom stereocenters. The van der Waals surface area contributed by atoms with E-state index in [1.54, 1.807) is 0 Å². The van der Waals surface area contributed by atoms with Gasteiger partial charge in [-0.15, -0.1) is 0 Å². The number of hydrogen-bond acceptors (Lipinski definition) is 6. The number of fused-ring (bicyclic) bond motifs is 1. The number of hydrogen-bond donors (Lipinski definition) is 1. The number of carbonyl (C=O) groups is 3. The van der Waals surface area contributed by atoms with Crippen molar-refractivity contribution in [3.63, 3.8) is 0 Å². The lowest BCUT2D eigenvalue weighted by Crippen LogP contribution is -2.35. The molecule has 4 rings (SSSR count). The molecular formula is C21H22N4O4. The van der Waals surface area contributed by atoms with Crippen LogP contribution in [0, 0.1) is 18.8 Å². The molecule has 8 heteroatoms. The van der Waals surface area contributed by atoms with Crippen LogP contribution in [-0.4, -0.2) is 39.3 Å². The van der Waals surface area contributed by atoms with Crippen LogP contribution >= 0.6 is 0 Å². The minimum atomic E-state index is -0.284. The lowest BCUT2D eigenvalue weighted by Gasteiger charge is -2.14. The zero-order valence-electron chi connectivity index (χ0n) is 16.1. The number of imide groups is 1. The minimum Gasteiger partial charge on any atom is -0.347 e. The predicted octanol–water partition coefficient (Wildman–Crippen LogP) is 2.00. The summed E-state index contributed by atoms with van der Waals surface area (Å²) in [6, 6.07) is 7.72. The zero-order valence-corrected chi connectivity index (χ0v) is 16.1. The maximum atomic E-state index is 12.4. The maximum Gasteiger partial charge on any atom is 0.246 e. The summed E-state index contributed by atoms with van der Waals surface area (Å²) in [5.74, 6) is -0.413. The molecule has 2 atom stereocenters. The first-order valence-electron chi connectivity index (χ1n) is 9.69. The fourth-order valence-electron chi connectivity index (χ4n) is 3.71. The van der Waals surface area contributed by atoms with E-state index in [9.17, 15) is 14.4 Å². The van der Waals surface area contributed by atoms with Crippen molar-refractivity contribution in [1.82, 2.24) is 20.4 Å². The number of benzene rings is 1. The molecule has 1 saturated heterocycles. The van der Waals surface area contributed by atoms with Crippen molar-refractivity contribution in [3.05, 3.63) is 47.9 Å². The van der Waals surface area contributed by atoms with Gasteiger partial charge in [-0.1, -0.05) is 47.1 Å². The van der Waals surface area contributed by atoms with E-state index in [4.69, 9.17) is 4.52 Å². The first-order valence-corrected chi connectivity index (χ1v) is 9.69. The van der Waals surface area contributed by atoms with Gasteiger partial charge in [0.1, 0.15) is 0 Å². The van der Waals surface area contributed by atoms with Crippen LogP contribution < -0.4 is 5.32 Å². The SMILES string of the molecule is Cc1ccc(-c2noc(CNC(=O)CCN3C(=O)[C@H]4CC=CC[C@H]4C3=O)n2)cc1. The molecule has 8 nitrogen and oxygen atoms in total. The Kier molecular flexibility index (Phi) is 5.24. The number of likely N-dealkylation sites (tertiary alicyclic amines) is 1. The average molecular weight is 394 g/mol. The topological polar surface area (TPSA) is 105 Å². The van der Waals surface area contributed by atoms with Crippen molar-refractivity contribution in [2.75, 3.05) is 6.54 Å². The molecule has 0 bridgehead atoms. The number of aryl methyl sites for hydroxylation is 1. The van der Waals surface area contributed by atoms with E-state index in [1.807, 2.05) is 43.3 Å². The van der Waals surface area contributed by atoms with Crippen LogP contribution in [0.25, 0.3) is 11.4 Å². The van der Waals surface area contributed by atoms with Crippen LogP contribution in [0.1, 0.15) is 30.7 Å². The number of nitrogens with one attached hydrogen (secondary N) is 1. The van der Waals surface area contributed by atoms with Crippen molar-refractivity contribution in [2.24, 2.45) is 11.8 Å². The number of allylic oxidation sites excluding steroid dienone is 2.